The molecule has 1 unspecified atom stereocenters. The van der Waals surface area contributed by atoms with Gasteiger partial charge in [0.25, 0.3) is 0 Å². The summed E-state index contributed by atoms with van der Waals surface area (Å²) in [7, 11) is -3.47. The number of alkyl halides is 1. The number of hydrogen-bond acceptors (Lipinski definition) is 7. The third kappa shape index (κ3) is 9.07. The van der Waals surface area contributed by atoms with Gasteiger partial charge in [-0.1, -0.05) is 77.9 Å². The number of benzene rings is 3. The summed E-state index contributed by atoms with van der Waals surface area (Å²) in [6.45, 7) is 4.32. The van der Waals surface area contributed by atoms with Gasteiger partial charge in [0.1, 0.15) is 29.7 Å². The number of anilines is 3. The largest absolute Gasteiger partial charge is 0.488 e. The van der Waals surface area contributed by atoms with Crippen LogP contribution in [-0.4, -0.2) is 47.1 Å². The monoisotopic (exact) mass is 766 g/mol. The molecule has 3 amide bonds. The minimum absolute atomic E-state index is 0.163. The predicted molar refractivity (Wildman–Crippen MR) is 193 cm³/mol. The van der Waals surface area contributed by atoms with Crippen LogP contribution in [-0.2, 0) is 21.2 Å². The molecule has 2 aromatic heterocycles. The Balaban J connectivity index is 1.32. The maximum Gasteiger partial charge on any atom is 0.324 e. The number of hydrogen-bond donors (Lipinski definition) is 3. The molecule has 5 rings (SSSR count). The highest BCUT2D eigenvalue weighted by Gasteiger charge is 2.18. The highest BCUT2D eigenvalue weighted by Crippen LogP contribution is 2.33. The van der Waals surface area contributed by atoms with Gasteiger partial charge in [-0.2, -0.15) is 5.10 Å². The van der Waals surface area contributed by atoms with Gasteiger partial charge in [0, 0.05) is 29.3 Å². The third-order valence-corrected chi connectivity index (χ3v) is 9.17. The van der Waals surface area contributed by atoms with Gasteiger partial charge in [0.2, 0.25) is 5.91 Å². The summed E-state index contributed by atoms with van der Waals surface area (Å²) in [5.41, 5.74) is 4.20. The first-order valence-electron chi connectivity index (χ1n) is 14.9. The Morgan fingerprint density at radius 3 is 2.43 bits per heavy atom. The molecule has 3 N–H and O–H groups in total. The second-order valence-corrected chi connectivity index (χ2v) is 14.8. The van der Waals surface area contributed by atoms with Crippen LogP contribution in [0.25, 0.3) is 16.5 Å². The topological polar surface area (TPSA) is 144 Å². The van der Waals surface area contributed by atoms with Crippen molar-refractivity contribution in [3.8, 4) is 11.4 Å². The number of halogens is 1. The van der Waals surface area contributed by atoms with Gasteiger partial charge >= 0.3 is 6.03 Å². The fraction of sp³-hybridized carbons (Fsp3) is 0.235. The fourth-order valence-electron chi connectivity index (χ4n) is 4.91. The van der Waals surface area contributed by atoms with Crippen LogP contribution in [0.15, 0.2) is 85.1 Å². The van der Waals surface area contributed by atoms with Crippen molar-refractivity contribution in [3.05, 3.63) is 102 Å². The van der Waals surface area contributed by atoms with Crippen molar-refractivity contribution in [2.45, 2.75) is 37.2 Å². The molecule has 0 saturated carbocycles. The quantitative estimate of drug-likeness (QED) is 0.0900. The molecular weight excluding hydrogens is 731 g/mol. The Hall–Kier alpha value is -4.50. The first-order valence-corrected chi connectivity index (χ1v) is 18.3. The van der Waals surface area contributed by atoms with Crippen molar-refractivity contribution in [1.82, 2.24) is 14.8 Å². The van der Waals surface area contributed by atoms with Crippen LogP contribution >= 0.6 is 22.6 Å². The van der Waals surface area contributed by atoms with Crippen LogP contribution in [0.1, 0.15) is 40.5 Å². The molecule has 0 fully saturated rings. The van der Waals surface area contributed by atoms with Crippen molar-refractivity contribution in [2.24, 2.45) is 0 Å². The molecule has 1 atom stereocenters. The lowest BCUT2D eigenvalue weighted by molar-refractivity contribution is -0.113. The minimum atomic E-state index is -3.47. The van der Waals surface area contributed by atoms with Gasteiger partial charge < -0.3 is 15.4 Å². The van der Waals surface area contributed by atoms with Gasteiger partial charge in [-0.05, 0) is 55.3 Å². The summed E-state index contributed by atoms with van der Waals surface area (Å²) >= 11 is 2.39. The van der Waals surface area contributed by atoms with E-state index in [9.17, 15) is 18.0 Å². The number of rotatable bonds is 12. The number of carbonyl (C=O) groups excluding carboxylic acids is 2. The molecule has 0 bridgehead atoms. The van der Waals surface area contributed by atoms with E-state index in [0.717, 1.165) is 52.4 Å². The van der Waals surface area contributed by atoms with Crippen LogP contribution < -0.4 is 20.7 Å². The van der Waals surface area contributed by atoms with E-state index >= 15 is 0 Å². The molecule has 0 radical (unpaired) electrons. The molecular formula is C34H35IN6O5S. The second-order valence-electron chi connectivity index (χ2n) is 11.2. The molecule has 3 aromatic carbocycles. The van der Waals surface area contributed by atoms with Crippen LogP contribution in [0.4, 0.5) is 22.1 Å². The Bertz CT molecular complexity index is 2010. The number of aryl methyl sites for hydroxylation is 1. The average Bonchev–Trinajstić information content (AvgIpc) is 3.44. The number of aromatic nitrogens is 3. The number of urea groups is 1. The Labute approximate surface area is 287 Å². The van der Waals surface area contributed by atoms with Crippen molar-refractivity contribution < 1.29 is 22.7 Å². The van der Waals surface area contributed by atoms with Gasteiger partial charge in [0.15, 0.2) is 9.84 Å². The number of pyridine rings is 1. The van der Waals surface area contributed by atoms with Crippen molar-refractivity contribution in [3.63, 3.8) is 0 Å². The number of amides is 3. The number of fused-ring (bicyclic) bond motifs is 1. The summed E-state index contributed by atoms with van der Waals surface area (Å²) in [5, 5.41) is 14.9. The number of nitrogens with zero attached hydrogens (tertiary/aromatic N) is 3. The minimum Gasteiger partial charge on any atom is -0.488 e. The molecule has 47 heavy (non-hydrogen) atoms. The zero-order valence-electron chi connectivity index (χ0n) is 26.2. The van der Waals surface area contributed by atoms with E-state index in [1.807, 2.05) is 61.5 Å². The molecule has 0 aliphatic carbocycles. The molecule has 0 saturated heterocycles. The normalized spacial score (nSPS) is 12.0. The highest BCUT2D eigenvalue weighted by atomic mass is 127. The van der Waals surface area contributed by atoms with E-state index in [4.69, 9.17) is 9.84 Å². The first kappa shape index (κ1) is 33.9. The molecule has 0 aliphatic heterocycles. The first-order chi connectivity index (χ1) is 22.5. The van der Waals surface area contributed by atoms with Crippen LogP contribution in [0.2, 0.25) is 0 Å². The zero-order valence-corrected chi connectivity index (χ0v) is 29.1. The number of carbonyl (C=O) groups is 2. The van der Waals surface area contributed by atoms with E-state index in [2.05, 4.69) is 50.4 Å². The van der Waals surface area contributed by atoms with Crippen molar-refractivity contribution in [1.29, 1.82) is 0 Å². The number of sulfone groups is 1. The van der Waals surface area contributed by atoms with E-state index in [0.29, 0.717) is 17.3 Å². The smallest absolute Gasteiger partial charge is 0.324 e. The van der Waals surface area contributed by atoms with Gasteiger partial charge in [0.05, 0.1) is 21.0 Å². The zero-order chi connectivity index (χ0) is 33.6. The molecule has 244 valence electrons. The molecule has 13 heteroatoms. The van der Waals surface area contributed by atoms with E-state index < -0.39 is 27.5 Å². The lowest BCUT2D eigenvalue weighted by Crippen LogP contribution is -2.22. The average molecular weight is 767 g/mol. The van der Waals surface area contributed by atoms with E-state index in [-0.39, 0.29) is 16.3 Å². The van der Waals surface area contributed by atoms with Crippen molar-refractivity contribution >= 4 is 72.5 Å². The Kier molecular flexibility index (Phi) is 10.8. The Morgan fingerprint density at radius 1 is 0.957 bits per heavy atom. The summed E-state index contributed by atoms with van der Waals surface area (Å²) < 4.78 is 30.9. The van der Waals surface area contributed by atoms with Crippen molar-refractivity contribution in [2.75, 3.05) is 28.0 Å². The SMILES string of the molecule is CCCC(I)c1cc(NC(=O)Nc2ccc(OCc3ccnc(NC(=O)CS(C)(=O)=O)c3)c3ccccc23)n(-c2ccc(C)cc2)n1. The lowest BCUT2D eigenvalue weighted by Gasteiger charge is -2.15. The molecule has 0 aliphatic rings. The molecule has 0 spiro atoms. The second kappa shape index (κ2) is 14.9. The number of ether oxygens (including phenoxy) is 1. The summed E-state index contributed by atoms with van der Waals surface area (Å²) in [6, 6.07) is 24.0. The predicted octanol–water partition coefficient (Wildman–Crippen LogP) is 7.21. The van der Waals surface area contributed by atoms with Crippen LogP contribution in [0.3, 0.4) is 0 Å². The van der Waals surface area contributed by atoms with E-state index in [1.165, 1.54) is 6.20 Å². The van der Waals surface area contributed by atoms with E-state index in [1.54, 1.807) is 28.9 Å². The van der Waals surface area contributed by atoms with Crippen LogP contribution in [0, 0.1) is 6.92 Å². The lowest BCUT2D eigenvalue weighted by atomic mass is 10.1. The molecule has 11 nitrogen and oxygen atoms in total. The third-order valence-electron chi connectivity index (χ3n) is 7.12. The summed E-state index contributed by atoms with van der Waals surface area (Å²) in [4.78, 5) is 29.5. The van der Waals surface area contributed by atoms with Crippen LogP contribution in [0.5, 0.6) is 5.75 Å². The maximum atomic E-state index is 13.4. The standard InChI is InChI=1S/C34H35IN6O5S/c1-4-7-27(35)29-19-32(41(40-29)24-12-10-22(2)11-13-24)39-34(43)37-28-14-15-30(26-9-6-5-8-25(26)28)46-20-23-16-17-36-31(18-23)38-33(42)21-47(3,44)45/h5-6,8-19,27H,4,7,20-21H2,1-3H3,(H,36,38,42)(H2,37,39,43). The molecule has 5 aromatic rings. The van der Waals surface area contributed by atoms with Gasteiger partial charge in [-0.15, -0.1) is 0 Å². The Morgan fingerprint density at radius 2 is 1.70 bits per heavy atom. The van der Waals surface area contributed by atoms with Gasteiger partial charge in [-0.3, -0.25) is 10.1 Å². The molecule has 2 heterocycles. The fourth-order valence-corrected chi connectivity index (χ4v) is 6.39. The summed E-state index contributed by atoms with van der Waals surface area (Å²) in [5.74, 6) is 0.0896. The highest BCUT2D eigenvalue weighted by molar-refractivity contribution is 14.1. The number of nitrogens with one attached hydrogen (secondary N) is 3. The van der Waals surface area contributed by atoms with Gasteiger partial charge in [-0.25, -0.2) is 22.9 Å². The summed E-state index contributed by atoms with van der Waals surface area (Å²) in [6.07, 6.45) is 4.50. The maximum absolute atomic E-state index is 13.4.